The lowest BCUT2D eigenvalue weighted by Gasteiger charge is -2.40. The Kier molecular flexibility index (Phi) is 7.64. The lowest BCUT2D eigenvalue weighted by molar-refractivity contribution is 0.0705. The summed E-state index contributed by atoms with van der Waals surface area (Å²) >= 11 is 0. The molecule has 4 heterocycles. The summed E-state index contributed by atoms with van der Waals surface area (Å²) < 4.78 is 22.5. The number of rotatable bonds is 7. The zero-order valence-electron chi connectivity index (χ0n) is 22.8. The Balaban J connectivity index is 1.05. The molecule has 1 aromatic heterocycles. The number of hydrogen-bond donors (Lipinski definition) is 0. The van der Waals surface area contributed by atoms with Gasteiger partial charge < -0.3 is 23.5 Å². The summed E-state index contributed by atoms with van der Waals surface area (Å²) in [5, 5.41) is 0. The number of methoxy groups -OCH3 is 1. The average molecular weight is 546 g/mol. The molecular formula is C31H35N3O6. The van der Waals surface area contributed by atoms with Crippen LogP contribution in [0.1, 0.15) is 47.2 Å². The minimum Gasteiger partial charge on any atom is -0.496 e. The van der Waals surface area contributed by atoms with Crippen molar-refractivity contribution in [1.82, 2.24) is 9.80 Å². The Bertz CT molecular complexity index is 1330. The predicted octanol–water partition coefficient (Wildman–Crippen LogP) is 5.09. The Morgan fingerprint density at radius 3 is 2.55 bits per heavy atom. The largest absolute Gasteiger partial charge is 0.496 e. The summed E-state index contributed by atoms with van der Waals surface area (Å²) in [6.07, 6.45) is 6.54. The summed E-state index contributed by atoms with van der Waals surface area (Å²) in [6, 6.07) is 15.3. The Morgan fingerprint density at radius 1 is 1.00 bits per heavy atom. The standard InChI is InChI=1S/C31H35N3O6/c1-37-29-18-26(40-25-10-13-32(14-11-25)19-22-12-17-38-20-22)6-7-27(29)30(35)33-15-8-24(9-16-33)34-28-5-3-2-4-23(28)21-39-31(34)36/h2-7,12,17-18,20,24-25H,8-11,13-16,19,21H2,1H3. The van der Waals surface area contributed by atoms with Crippen molar-refractivity contribution in [3.63, 3.8) is 0 Å². The van der Waals surface area contributed by atoms with Crippen LogP contribution in [0.15, 0.2) is 65.5 Å². The Morgan fingerprint density at radius 2 is 1.80 bits per heavy atom. The average Bonchev–Trinajstić information content (AvgIpc) is 3.51. The zero-order valence-corrected chi connectivity index (χ0v) is 22.8. The molecule has 0 spiro atoms. The highest BCUT2D eigenvalue weighted by molar-refractivity contribution is 5.97. The minimum absolute atomic E-state index is 0.0122. The number of para-hydroxylation sites is 1. The fourth-order valence-corrected chi connectivity index (χ4v) is 5.96. The van der Waals surface area contributed by atoms with Gasteiger partial charge in [0.05, 0.1) is 30.9 Å². The molecule has 0 radical (unpaired) electrons. The summed E-state index contributed by atoms with van der Waals surface area (Å²) in [4.78, 5) is 32.1. The first kappa shape index (κ1) is 26.3. The van der Waals surface area contributed by atoms with Crippen LogP contribution in [0.5, 0.6) is 11.5 Å². The predicted molar refractivity (Wildman–Crippen MR) is 149 cm³/mol. The van der Waals surface area contributed by atoms with E-state index in [1.807, 2.05) is 47.4 Å². The molecule has 0 saturated carbocycles. The molecule has 9 heteroatoms. The topological polar surface area (TPSA) is 84.7 Å². The molecule has 210 valence electrons. The maximum atomic E-state index is 13.5. The SMILES string of the molecule is COc1cc(OC2CCN(Cc3ccoc3)CC2)ccc1C(=O)N1CCC(N2C(=O)OCc3ccccc32)CC1. The first-order valence-corrected chi connectivity index (χ1v) is 14.0. The fourth-order valence-electron chi connectivity index (χ4n) is 5.96. The smallest absolute Gasteiger partial charge is 0.414 e. The van der Waals surface area contributed by atoms with Crippen molar-refractivity contribution >= 4 is 17.7 Å². The second-order valence-electron chi connectivity index (χ2n) is 10.7. The number of cyclic esters (lactones) is 1. The third-order valence-corrected chi connectivity index (χ3v) is 8.14. The van der Waals surface area contributed by atoms with Crippen molar-refractivity contribution < 1.29 is 28.2 Å². The molecule has 2 amide bonds. The Hall–Kier alpha value is -3.98. The van der Waals surface area contributed by atoms with E-state index < -0.39 is 0 Å². The van der Waals surface area contributed by atoms with Crippen LogP contribution in [0.3, 0.4) is 0 Å². The lowest BCUT2D eigenvalue weighted by atomic mass is 10.00. The third kappa shape index (κ3) is 5.51. The van der Waals surface area contributed by atoms with Gasteiger partial charge in [-0.2, -0.15) is 0 Å². The van der Waals surface area contributed by atoms with E-state index >= 15 is 0 Å². The van der Waals surface area contributed by atoms with Crippen LogP contribution in [0.4, 0.5) is 10.5 Å². The monoisotopic (exact) mass is 545 g/mol. The number of carbonyl (C=O) groups is 2. The van der Waals surface area contributed by atoms with Crippen molar-refractivity contribution in [2.45, 2.75) is 51.0 Å². The van der Waals surface area contributed by atoms with Crippen molar-refractivity contribution in [3.8, 4) is 11.5 Å². The van der Waals surface area contributed by atoms with Crippen molar-refractivity contribution in [3.05, 3.63) is 77.7 Å². The van der Waals surface area contributed by atoms with Crippen LogP contribution in [-0.4, -0.2) is 67.2 Å². The van der Waals surface area contributed by atoms with E-state index in [1.54, 1.807) is 30.6 Å². The van der Waals surface area contributed by atoms with Gasteiger partial charge in [0.25, 0.3) is 5.91 Å². The zero-order chi connectivity index (χ0) is 27.5. The molecule has 3 aliphatic heterocycles. The van der Waals surface area contributed by atoms with Gasteiger partial charge in [0.15, 0.2) is 0 Å². The van der Waals surface area contributed by atoms with Crippen LogP contribution in [0, 0.1) is 0 Å². The highest BCUT2D eigenvalue weighted by Crippen LogP contribution is 2.33. The number of fused-ring (bicyclic) bond motifs is 1. The van der Waals surface area contributed by atoms with Crippen molar-refractivity contribution in [2.75, 3.05) is 38.2 Å². The molecule has 9 nitrogen and oxygen atoms in total. The van der Waals surface area contributed by atoms with E-state index in [4.69, 9.17) is 18.6 Å². The van der Waals surface area contributed by atoms with E-state index in [2.05, 4.69) is 4.90 Å². The first-order chi connectivity index (χ1) is 19.6. The quantitative estimate of drug-likeness (QED) is 0.409. The summed E-state index contributed by atoms with van der Waals surface area (Å²) in [5.41, 5.74) is 3.62. The van der Waals surface area contributed by atoms with Gasteiger partial charge in [-0.3, -0.25) is 14.6 Å². The molecule has 2 saturated heterocycles. The number of carbonyl (C=O) groups excluding carboxylic acids is 2. The van der Waals surface area contributed by atoms with Crippen LogP contribution >= 0.6 is 0 Å². The van der Waals surface area contributed by atoms with Gasteiger partial charge in [-0.05, 0) is 49.9 Å². The van der Waals surface area contributed by atoms with Crippen LogP contribution < -0.4 is 14.4 Å². The molecule has 0 N–H and O–H groups in total. The van der Waals surface area contributed by atoms with Gasteiger partial charge >= 0.3 is 6.09 Å². The third-order valence-electron chi connectivity index (χ3n) is 8.14. The van der Waals surface area contributed by atoms with Gasteiger partial charge in [0, 0.05) is 56.0 Å². The van der Waals surface area contributed by atoms with Gasteiger partial charge in [-0.25, -0.2) is 4.79 Å². The number of furan rings is 1. The molecule has 40 heavy (non-hydrogen) atoms. The molecule has 6 rings (SSSR count). The molecule has 2 aromatic carbocycles. The number of benzene rings is 2. The molecule has 0 aliphatic carbocycles. The second kappa shape index (κ2) is 11.6. The number of piperidine rings is 2. The summed E-state index contributed by atoms with van der Waals surface area (Å²) in [5.74, 6) is 1.15. The van der Waals surface area contributed by atoms with E-state index in [1.165, 1.54) is 5.56 Å². The maximum Gasteiger partial charge on any atom is 0.414 e. The van der Waals surface area contributed by atoms with Crippen molar-refractivity contribution in [2.24, 2.45) is 0 Å². The number of likely N-dealkylation sites (tertiary alicyclic amines) is 2. The van der Waals surface area contributed by atoms with Gasteiger partial charge in [-0.15, -0.1) is 0 Å². The fraction of sp³-hybridized carbons (Fsp3) is 0.419. The van der Waals surface area contributed by atoms with E-state index in [0.29, 0.717) is 49.6 Å². The molecule has 0 bridgehead atoms. The number of amides is 2. The first-order valence-electron chi connectivity index (χ1n) is 14.0. The second-order valence-corrected chi connectivity index (χ2v) is 10.7. The maximum absolute atomic E-state index is 13.5. The van der Waals surface area contributed by atoms with Crippen molar-refractivity contribution in [1.29, 1.82) is 0 Å². The normalized spacial score (nSPS) is 18.8. The number of nitrogens with zero attached hydrogens (tertiary/aromatic N) is 3. The molecule has 0 unspecified atom stereocenters. The van der Waals surface area contributed by atoms with Gasteiger partial charge in [0.1, 0.15) is 24.2 Å². The van der Waals surface area contributed by atoms with E-state index in [-0.39, 0.29) is 24.1 Å². The summed E-state index contributed by atoms with van der Waals surface area (Å²) in [7, 11) is 1.58. The molecule has 0 atom stereocenters. The van der Waals surface area contributed by atoms with Crippen LogP contribution in [0.25, 0.3) is 0 Å². The summed E-state index contributed by atoms with van der Waals surface area (Å²) in [6.45, 7) is 4.21. The molecule has 3 aliphatic rings. The van der Waals surface area contributed by atoms with Gasteiger partial charge in [0.2, 0.25) is 0 Å². The lowest BCUT2D eigenvalue weighted by Crippen LogP contribution is -2.50. The van der Waals surface area contributed by atoms with E-state index in [9.17, 15) is 9.59 Å². The number of anilines is 1. The van der Waals surface area contributed by atoms with Crippen LogP contribution in [0.2, 0.25) is 0 Å². The molecular weight excluding hydrogens is 510 g/mol. The number of ether oxygens (including phenoxy) is 3. The highest BCUT2D eigenvalue weighted by Gasteiger charge is 2.35. The number of hydrogen-bond acceptors (Lipinski definition) is 7. The van der Waals surface area contributed by atoms with Crippen LogP contribution in [-0.2, 0) is 17.9 Å². The van der Waals surface area contributed by atoms with Gasteiger partial charge in [-0.1, -0.05) is 18.2 Å². The Labute approximate surface area is 234 Å². The highest BCUT2D eigenvalue weighted by atomic mass is 16.6. The van der Waals surface area contributed by atoms with E-state index in [0.717, 1.165) is 43.7 Å². The minimum atomic E-state index is -0.315. The molecule has 3 aromatic rings. The molecule has 2 fully saturated rings.